The van der Waals surface area contributed by atoms with Gasteiger partial charge in [0.1, 0.15) is 18.4 Å². The Hall–Kier alpha value is -2.36. The molecule has 186 valence electrons. The first kappa shape index (κ1) is 27.9. The molecule has 0 radical (unpaired) electrons. The van der Waals surface area contributed by atoms with Gasteiger partial charge in [-0.25, -0.2) is 12.8 Å². The number of amides is 2. The van der Waals surface area contributed by atoms with Crippen molar-refractivity contribution in [2.45, 2.75) is 45.8 Å². The Kier molecular flexibility index (Phi) is 9.73. The van der Waals surface area contributed by atoms with Crippen LogP contribution in [0, 0.1) is 5.82 Å². The number of hydrogen-bond acceptors (Lipinski definition) is 4. The quantitative estimate of drug-likeness (QED) is 0.496. The Balaban J connectivity index is 2.41. The van der Waals surface area contributed by atoms with Gasteiger partial charge in [-0.15, -0.1) is 0 Å². The van der Waals surface area contributed by atoms with Crippen LogP contribution >= 0.6 is 23.2 Å². The van der Waals surface area contributed by atoms with Gasteiger partial charge in [-0.2, -0.15) is 0 Å². The molecule has 2 atom stereocenters. The van der Waals surface area contributed by atoms with E-state index in [4.69, 9.17) is 23.2 Å². The molecule has 2 aromatic carbocycles. The van der Waals surface area contributed by atoms with Gasteiger partial charge in [-0.1, -0.05) is 42.3 Å². The lowest BCUT2D eigenvalue weighted by atomic mass is 10.1. The normalized spacial score (nSPS) is 13.1. The van der Waals surface area contributed by atoms with Gasteiger partial charge in [-0.3, -0.25) is 13.9 Å². The fourth-order valence-corrected chi connectivity index (χ4v) is 4.48. The molecule has 0 aromatic heterocycles. The lowest BCUT2D eigenvalue weighted by Crippen LogP contribution is -2.52. The zero-order valence-electron chi connectivity index (χ0n) is 19.4. The first-order chi connectivity index (χ1) is 15.8. The second-order valence-corrected chi connectivity index (χ2v) is 10.8. The van der Waals surface area contributed by atoms with Crippen LogP contribution < -0.4 is 9.62 Å². The minimum atomic E-state index is -3.91. The van der Waals surface area contributed by atoms with Crippen molar-refractivity contribution in [2.75, 3.05) is 17.1 Å². The number of rotatable bonds is 10. The summed E-state index contributed by atoms with van der Waals surface area (Å²) in [6, 6.07) is 8.67. The molecule has 0 heterocycles. The van der Waals surface area contributed by atoms with Crippen molar-refractivity contribution >= 4 is 50.7 Å². The minimum Gasteiger partial charge on any atom is -0.352 e. The van der Waals surface area contributed by atoms with Crippen LogP contribution in [0.2, 0.25) is 10.0 Å². The molecule has 1 N–H and O–H groups in total. The number of nitrogens with zero attached hydrogens (tertiary/aromatic N) is 2. The summed E-state index contributed by atoms with van der Waals surface area (Å²) >= 11 is 12.1. The van der Waals surface area contributed by atoms with Crippen molar-refractivity contribution in [1.29, 1.82) is 0 Å². The number of halogens is 3. The summed E-state index contributed by atoms with van der Waals surface area (Å²) in [6.45, 7) is 4.70. The molecule has 2 unspecified atom stereocenters. The molecule has 7 nitrogen and oxygen atoms in total. The Morgan fingerprint density at radius 1 is 1.06 bits per heavy atom. The maximum atomic E-state index is 13.4. The summed E-state index contributed by atoms with van der Waals surface area (Å²) in [6.07, 6.45) is 1.65. The van der Waals surface area contributed by atoms with Crippen molar-refractivity contribution in [3.63, 3.8) is 0 Å². The average molecular weight is 532 g/mol. The molecule has 0 aliphatic carbocycles. The largest absolute Gasteiger partial charge is 0.352 e. The van der Waals surface area contributed by atoms with Crippen LogP contribution in [0.3, 0.4) is 0 Å². The Labute approximate surface area is 209 Å². The molecular weight excluding hydrogens is 504 g/mol. The van der Waals surface area contributed by atoms with Crippen molar-refractivity contribution in [3.05, 3.63) is 63.9 Å². The number of carbonyl (C=O) groups excluding carboxylic acids is 2. The predicted octanol–water partition coefficient (Wildman–Crippen LogP) is 4.23. The Morgan fingerprint density at radius 3 is 2.12 bits per heavy atom. The fraction of sp³-hybridized carbons (Fsp3) is 0.391. The Bertz CT molecular complexity index is 1110. The highest BCUT2D eigenvalue weighted by atomic mass is 35.5. The van der Waals surface area contributed by atoms with Gasteiger partial charge in [0.15, 0.2) is 0 Å². The van der Waals surface area contributed by atoms with Crippen LogP contribution in [0.5, 0.6) is 0 Å². The van der Waals surface area contributed by atoms with Gasteiger partial charge in [0.2, 0.25) is 21.8 Å². The zero-order chi connectivity index (χ0) is 25.6. The van der Waals surface area contributed by atoms with Crippen LogP contribution in [0.25, 0.3) is 0 Å². The van der Waals surface area contributed by atoms with E-state index in [1.165, 1.54) is 47.4 Å². The third kappa shape index (κ3) is 7.85. The van der Waals surface area contributed by atoms with Crippen LogP contribution in [0.1, 0.15) is 32.8 Å². The predicted molar refractivity (Wildman–Crippen MR) is 133 cm³/mol. The molecule has 2 aromatic rings. The number of hydrogen-bond donors (Lipinski definition) is 1. The SMILES string of the molecule is CCC(C)NC(=O)C(C)N(Cc1ccc(F)cc1)C(=O)CN(c1cc(Cl)cc(Cl)c1)S(C)(=O)=O. The van der Waals surface area contributed by atoms with Crippen molar-refractivity contribution < 1.29 is 22.4 Å². The molecule has 11 heteroatoms. The van der Waals surface area contributed by atoms with Gasteiger partial charge in [0.25, 0.3) is 0 Å². The van der Waals surface area contributed by atoms with Crippen LogP contribution in [-0.2, 0) is 26.2 Å². The molecule has 2 rings (SSSR count). The van der Waals surface area contributed by atoms with E-state index in [2.05, 4.69) is 5.32 Å². The maximum absolute atomic E-state index is 13.4. The molecule has 0 aliphatic rings. The monoisotopic (exact) mass is 531 g/mol. The molecule has 0 bridgehead atoms. The van der Waals surface area contributed by atoms with E-state index in [9.17, 15) is 22.4 Å². The van der Waals surface area contributed by atoms with Gasteiger partial charge in [0.05, 0.1) is 11.9 Å². The van der Waals surface area contributed by atoms with Crippen LogP contribution in [-0.4, -0.2) is 50.0 Å². The van der Waals surface area contributed by atoms with Crippen LogP contribution in [0.4, 0.5) is 10.1 Å². The van der Waals surface area contributed by atoms with E-state index in [0.717, 1.165) is 10.6 Å². The number of carbonyl (C=O) groups is 2. The van der Waals surface area contributed by atoms with Gasteiger partial charge in [0, 0.05) is 22.6 Å². The molecule has 0 saturated carbocycles. The lowest BCUT2D eigenvalue weighted by Gasteiger charge is -2.32. The summed E-state index contributed by atoms with van der Waals surface area (Å²) in [5.41, 5.74) is 0.696. The first-order valence-electron chi connectivity index (χ1n) is 10.6. The second-order valence-electron chi connectivity index (χ2n) is 8.04. The standard InChI is InChI=1S/C23H28Cl2FN3O4S/c1-5-15(2)27-23(31)16(3)28(13-17-6-8-20(26)9-7-17)22(30)14-29(34(4,32)33)21-11-18(24)10-19(25)12-21/h6-12,15-16H,5,13-14H2,1-4H3,(H,27,31). The summed E-state index contributed by atoms with van der Waals surface area (Å²) < 4.78 is 39.3. The van der Waals surface area contributed by atoms with Gasteiger partial charge in [-0.05, 0) is 56.2 Å². The maximum Gasteiger partial charge on any atom is 0.244 e. The summed E-state index contributed by atoms with van der Waals surface area (Å²) in [4.78, 5) is 27.5. The van der Waals surface area contributed by atoms with Crippen molar-refractivity contribution in [2.24, 2.45) is 0 Å². The number of nitrogens with one attached hydrogen (secondary N) is 1. The van der Waals surface area contributed by atoms with E-state index in [1.807, 2.05) is 13.8 Å². The molecule has 0 spiro atoms. The fourth-order valence-electron chi connectivity index (χ4n) is 3.13. The van der Waals surface area contributed by atoms with Gasteiger partial charge >= 0.3 is 0 Å². The first-order valence-corrected chi connectivity index (χ1v) is 13.2. The average Bonchev–Trinajstić information content (AvgIpc) is 2.74. The summed E-state index contributed by atoms with van der Waals surface area (Å²) in [5.74, 6) is -1.45. The minimum absolute atomic E-state index is 0.0257. The summed E-state index contributed by atoms with van der Waals surface area (Å²) in [5, 5.41) is 3.23. The van der Waals surface area contributed by atoms with Crippen molar-refractivity contribution in [1.82, 2.24) is 10.2 Å². The highest BCUT2D eigenvalue weighted by molar-refractivity contribution is 7.92. The lowest BCUT2D eigenvalue weighted by molar-refractivity contribution is -0.139. The van der Waals surface area contributed by atoms with Crippen molar-refractivity contribution in [3.8, 4) is 0 Å². The topological polar surface area (TPSA) is 86.8 Å². The van der Waals surface area contributed by atoms with E-state index in [1.54, 1.807) is 6.92 Å². The molecule has 0 aliphatic heterocycles. The molecule has 2 amide bonds. The number of sulfonamides is 1. The van der Waals surface area contributed by atoms with E-state index in [0.29, 0.717) is 12.0 Å². The van der Waals surface area contributed by atoms with E-state index < -0.39 is 34.3 Å². The van der Waals surface area contributed by atoms with Gasteiger partial charge < -0.3 is 10.2 Å². The zero-order valence-corrected chi connectivity index (χ0v) is 21.7. The third-order valence-corrected chi connectivity index (χ3v) is 6.83. The molecular formula is C23H28Cl2FN3O4S. The Morgan fingerprint density at radius 2 is 1.62 bits per heavy atom. The highest BCUT2D eigenvalue weighted by Crippen LogP contribution is 2.27. The smallest absolute Gasteiger partial charge is 0.244 e. The molecule has 0 fully saturated rings. The second kappa shape index (κ2) is 11.9. The highest BCUT2D eigenvalue weighted by Gasteiger charge is 2.30. The third-order valence-electron chi connectivity index (χ3n) is 5.25. The molecule has 34 heavy (non-hydrogen) atoms. The number of anilines is 1. The van der Waals surface area contributed by atoms with E-state index >= 15 is 0 Å². The van der Waals surface area contributed by atoms with E-state index in [-0.39, 0.29) is 34.2 Å². The molecule has 0 saturated heterocycles. The van der Waals surface area contributed by atoms with Crippen LogP contribution in [0.15, 0.2) is 42.5 Å². The number of benzene rings is 2. The summed E-state index contributed by atoms with van der Waals surface area (Å²) in [7, 11) is -3.91.